The van der Waals surface area contributed by atoms with E-state index in [1.807, 2.05) is 7.11 Å². The van der Waals surface area contributed by atoms with E-state index >= 15 is 0 Å². The van der Waals surface area contributed by atoms with Gasteiger partial charge in [0.05, 0.1) is 6.10 Å². The van der Waals surface area contributed by atoms with E-state index in [1.54, 1.807) is 0 Å². The first-order valence-electron chi connectivity index (χ1n) is 7.63. The summed E-state index contributed by atoms with van der Waals surface area (Å²) >= 11 is 0. The Kier molecular flexibility index (Phi) is 4.56. The second kappa shape index (κ2) is 5.68. The van der Waals surface area contributed by atoms with E-state index in [2.05, 4.69) is 30.7 Å². The van der Waals surface area contributed by atoms with Crippen molar-refractivity contribution in [2.75, 3.05) is 40.3 Å². The SMILES string of the molecule is COC1CCC(CN)(N2CCN(C)C(C)(C)C2)CC1. The van der Waals surface area contributed by atoms with Crippen LogP contribution in [0.3, 0.4) is 0 Å². The zero-order valence-electron chi connectivity index (χ0n) is 13.1. The summed E-state index contributed by atoms with van der Waals surface area (Å²) in [6, 6.07) is 0. The molecule has 2 aliphatic rings. The standard InChI is InChI=1S/C15H31N3O/c1-14(2)12-18(10-9-17(14)3)15(11-16)7-5-13(19-4)6-8-15/h13H,5-12,16H2,1-4H3. The zero-order valence-corrected chi connectivity index (χ0v) is 13.1. The summed E-state index contributed by atoms with van der Waals surface area (Å²) in [5.74, 6) is 0. The van der Waals surface area contributed by atoms with Crippen molar-refractivity contribution in [3.05, 3.63) is 0 Å². The molecular formula is C15H31N3O. The van der Waals surface area contributed by atoms with E-state index in [0.717, 1.165) is 39.0 Å². The van der Waals surface area contributed by atoms with Gasteiger partial charge >= 0.3 is 0 Å². The minimum atomic E-state index is 0.216. The lowest BCUT2D eigenvalue weighted by Crippen LogP contribution is -2.66. The van der Waals surface area contributed by atoms with E-state index in [-0.39, 0.29) is 11.1 Å². The number of hydrogen-bond donors (Lipinski definition) is 1. The molecule has 4 heteroatoms. The van der Waals surface area contributed by atoms with E-state index in [9.17, 15) is 0 Å². The van der Waals surface area contributed by atoms with Crippen molar-refractivity contribution in [3.8, 4) is 0 Å². The van der Waals surface area contributed by atoms with Crippen LogP contribution in [-0.4, -0.2) is 67.3 Å². The monoisotopic (exact) mass is 269 g/mol. The molecule has 1 saturated carbocycles. The van der Waals surface area contributed by atoms with Gasteiger partial charge in [-0.1, -0.05) is 0 Å². The molecule has 1 aliphatic carbocycles. The first-order valence-corrected chi connectivity index (χ1v) is 7.63. The topological polar surface area (TPSA) is 41.7 Å². The second-order valence-corrected chi connectivity index (χ2v) is 7.02. The lowest BCUT2D eigenvalue weighted by atomic mass is 9.77. The molecule has 0 atom stereocenters. The van der Waals surface area contributed by atoms with Crippen LogP contribution in [0.2, 0.25) is 0 Å². The molecule has 2 rings (SSSR count). The van der Waals surface area contributed by atoms with Crippen molar-refractivity contribution in [1.29, 1.82) is 0 Å². The fraction of sp³-hybridized carbons (Fsp3) is 1.00. The molecule has 2 fully saturated rings. The highest BCUT2D eigenvalue weighted by atomic mass is 16.5. The summed E-state index contributed by atoms with van der Waals surface area (Å²) in [7, 11) is 4.06. The summed E-state index contributed by atoms with van der Waals surface area (Å²) in [5.41, 5.74) is 6.65. The van der Waals surface area contributed by atoms with Crippen LogP contribution in [0.1, 0.15) is 39.5 Å². The Morgan fingerprint density at radius 1 is 1.21 bits per heavy atom. The van der Waals surface area contributed by atoms with Gasteiger partial charge in [-0.2, -0.15) is 0 Å². The molecule has 19 heavy (non-hydrogen) atoms. The number of hydrogen-bond acceptors (Lipinski definition) is 4. The third-order valence-corrected chi connectivity index (χ3v) is 5.56. The summed E-state index contributed by atoms with van der Waals surface area (Å²) in [4.78, 5) is 5.13. The summed E-state index contributed by atoms with van der Waals surface area (Å²) < 4.78 is 5.51. The molecule has 0 unspecified atom stereocenters. The highest BCUT2D eigenvalue weighted by Gasteiger charge is 2.43. The summed E-state index contributed by atoms with van der Waals surface area (Å²) in [6.45, 7) is 8.87. The Labute approximate surface area is 118 Å². The van der Waals surface area contributed by atoms with Crippen LogP contribution < -0.4 is 5.73 Å². The Morgan fingerprint density at radius 2 is 1.84 bits per heavy atom. The van der Waals surface area contributed by atoms with Gasteiger partial charge in [-0.15, -0.1) is 0 Å². The highest BCUT2D eigenvalue weighted by Crippen LogP contribution is 2.36. The smallest absolute Gasteiger partial charge is 0.0572 e. The number of piperazine rings is 1. The quantitative estimate of drug-likeness (QED) is 0.838. The van der Waals surface area contributed by atoms with E-state index in [1.165, 1.54) is 12.8 Å². The van der Waals surface area contributed by atoms with Gasteiger partial charge in [0.1, 0.15) is 0 Å². The Hall–Kier alpha value is -0.160. The maximum absolute atomic E-state index is 6.18. The molecule has 2 N–H and O–H groups in total. The van der Waals surface area contributed by atoms with Crippen molar-refractivity contribution in [1.82, 2.24) is 9.80 Å². The van der Waals surface area contributed by atoms with Crippen LogP contribution in [0, 0.1) is 0 Å². The first kappa shape index (κ1) is 15.2. The van der Waals surface area contributed by atoms with Crippen molar-refractivity contribution in [2.24, 2.45) is 5.73 Å². The maximum Gasteiger partial charge on any atom is 0.0572 e. The molecule has 0 spiro atoms. The van der Waals surface area contributed by atoms with E-state index < -0.39 is 0 Å². The van der Waals surface area contributed by atoms with Crippen molar-refractivity contribution in [2.45, 2.75) is 56.7 Å². The second-order valence-electron chi connectivity index (χ2n) is 7.02. The number of nitrogens with zero attached hydrogens (tertiary/aromatic N) is 2. The van der Waals surface area contributed by atoms with Gasteiger partial charge in [0, 0.05) is 44.4 Å². The van der Waals surface area contributed by atoms with E-state index in [4.69, 9.17) is 10.5 Å². The molecule has 112 valence electrons. The third-order valence-electron chi connectivity index (χ3n) is 5.56. The number of ether oxygens (including phenoxy) is 1. The number of nitrogens with two attached hydrogens (primary N) is 1. The van der Waals surface area contributed by atoms with Crippen LogP contribution in [0.5, 0.6) is 0 Å². The average molecular weight is 269 g/mol. The predicted octanol–water partition coefficient (Wildman–Crippen LogP) is 1.30. The Bertz CT molecular complexity index is 298. The van der Waals surface area contributed by atoms with Crippen molar-refractivity contribution >= 4 is 0 Å². The van der Waals surface area contributed by atoms with Crippen LogP contribution >= 0.6 is 0 Å². The van der Waals surface area contributed by atoms with Gasteiger partial charge < -0.3 is 10.5 Å². The van der Waals surface area contributed by atoms with Gasteiger partial charge in [0.2, 0.25) is 0 Å². The van der Waals surface area contributed by atoms with Gasteiger partial charge in [-0.3, -0.25) is 9.80 Å². The molecule has 1 heterocycles. The molecule has 0 radical (unpaired) electrons. The zero-order chi connectivity index (χ0) is 14.1. The van der Waals surface area contributed by atoms with Crippen LogP contribution in [0.25, 0.3) is 0 Å². The maximum atomic E-state index is 6.18. The molecule has 0 aromatic carbocycles. The number of likely N-dealkylation sites (N-methyl/N-ethyl adjacent to an activating group) is 1. The molecule has 0 aromatic rings. The highest BCUT2D eigenvalue weighted by molar-refractivity contribution is 5.01. The largest absolute Gasteiger partial charge is 0.381 e. The molecule has 0 bridgehead atoms. The van der Waals surface area contributed by atoms with Crippen LogP contribution in [0.15, 0.2) is 0 Å². The van der Waals surface area contributed by atoms with Gasteiger partial charge in [0.15, 0.2) is 0 Å². The molecular weight excluding hydrogens is 238 g/mol. The van der Waals surface area contributed by atoms with Crippen molar-refractivity contribution in [3.63, 3.8) is 0 Å². The normalized spacial score (nSPS) is 37.4. The lowest BCUT2D eigenvalue weighted by molar-refractivity contribution is -0.0567. The minimum absolute atomic E-state index is 0.216. The molecule has 1 aliphatic heterocycles. The fourth-order valence-electron chi connectivity index (χ4n) is 3.66. The molecule has 0 aromatic heterocycles. The first-order chi connectivity index (χ1) is 8.93. The Morgan fingerprint density at radius 3 is 2.32 bits per heavy atom. The van der Waals surface area contributed by atoms with E-state index in [0.29, 0.717) is 6.10 Å². The number of rotatable bonds is 3. The summed E-state index contributed by atoms with van der Waals surface area (Å²) in [5, 5.41) is 0. The molecule has 0 amide bonds. The fourth-order valence-corrected chi connectivity index (χ4v) is 3.66. The number of methoxy groups -OCH3 is 1. The molecule has 1 saturated heterocycles. The van der Waals surface area contributed by atoms with Gasteiger partial charge in [-0.25, -0.2) is 0 Å². The third kappa shape index (κ3) is 2.97. The van der Waals surface area contributed by atoms with Crippen LogP contribution in [0.4, 0.5) is 0 Å². The van der Waals surface area contributed by atoms with Gasteiger partial charge in [-0.05, 0) is 46.6 Å². The summed E-state index contributed by atoms with van der Waals surface area (Å²) in [6.07, 6.45) is 5.12. The Balaban J connectivity index is 2.06. The minimum Gasteiger partial charge on any atom is -0.381 e. The predicted molar refractivity (Wildman–Crippen MR) is 79.3 cm³/mol. The lowest BCUT2D eigenvalue weighted by Gasteiger charge is -2.54. The van der Waals surface area contributed by atoms with Crippen LogP contribution in [-0.2, 0) is 4.74 Å². The average Bonchev–Trinajstić information content (AvgIpc) is 2.42. The molecule has 4 nitrogen and oxygen atoms in total. The van der Waals surface area contributed by atoms with Gasteiger partial charge in [0.25, 0.3) is 0 Å². The van der Waals surface area contributed by atoms with Crippen molar-refractivity contribution < 1.29 is 4.74 Å².